The lowest BCUT2D eigenvalue weighted by atomic mass is 10.1. The lowest BCUT2D eigenvalue weighted by molar-refractivity contribution is 0.0919. The predicted octanol–water partition coefficient (Wildman–Crippen LogP) is 3.53. The van der Waals surface area contributed by atoms with Crippen LogP contribution in [0.3, 0.4) is 0 Å². The number of aromatic nitrogens is 2. The van der Waals surface area contributed by atoms with Crippen molar-refractivity contribution < 1.29 is 4.79 Å². The third-order valence-electron chi connectivity index (χ3n) is 3.38. The van der Waals surface area contributed by atoms with Crippen molar-refractivity contribution >= 4 is 11.4 Å². The van der Waals surface area contributed by atoms with Crippen LogP contribution in [0.1, 0.15) is 31.1 Å². The van der Waals surface area contributed by atoms with Gasteiger partial charge in [-0.05, 0) is 50.6 Å². The fourth-order valence-electron chi connectivity index (χ4n) is 2.39. The Morgan fingerprint density at radius 1 is 1.09 bits per heavy atom. The molecule has 0 radical (unpaired) electrons. The minimum absolute atomic E-state index is 0.0557. The molecule has 1 aromatic carbocycles. The average Bonchev–Trinajstić information content (AvgIpc) is 2.94. The van der Waals surface area contributed by atoms with Gasteiger partial charge in [0.05, 0.1) is 23.7 Å². The molecule has 0 fully saturated rings. The number of nitrogens with zero attached hydrogens (tertiary/aromatic N) is 2. The Morgan fingerprint density at radius 3 is 2.50 bits per heavy atom. The average molecular weight is 293 g/mol. The maximum absolute atomic E-state index is 12.2. The number of hydrogen-bond acceptors (Lipinski definition) is 2. The third-order valence-corrected chi connectivity index (χ3v) is 3.38. The molecule has 1 N–H and O–H groups in total. The maximum atomic E-state index is 12.2. The number of amides is 1. The second-order valence-electron chi connectivity index (χ2n) is 6.38. The first-order valence-corrected chi connectivity index (χ1v) is 7.28. The zero-order chi connectivity index (χ0) is 15.7. The molecule has 0 aliphatic carbocycles. The topological polar surface area (TPSA) is 46.4 Å². The summed E-state index contributed by atoms with van der Waals surface area (Å²) >= 11 is 0. The number of carbonyl (C=O) groups excluding carboxylic acids is 1. The molecule has 0 saturated heterocycles. The van der Waals surface area contributed by atoms with E-state index < -0.39 is 0 Å². The van der Waals surface area contributed by atoms with Gasteiger partial charge in [-0.3, -0.25) is 9.20 Å². The van der Waals surface area contributed by atoms with Crippen molar-refractivity contribution in [3.8, 4) is 11.3 Å². The van der Waals surface area contributed by atoms with Crippen molar-refractivity contribution in [2.75, 3.05) is 0 Å². The molecule has 0 bridgehead atoms. The SMILES string of the molecule is CC(C)(C)NC(=O)c1ccc(-c2cccc3cncn23)cc1. The molecule has 0 spiro atoms. The van der Waals surface area contributed by atoms with Crippen molar-refractivity contribution in [1.82, 2.24) is 14.7 Å². The number of benzene rings is 1. The Bertz CT molecular complexity index is 810. The first-order valence-electron chi connectivity index (χ1n) is 7.28. The molecular weight excluding hydrogens is 274 g/mol. The predicted molar refractivity (Wildman–Crippen MR) is 87.8 cm³/mol. The molecule has 0 atom stereocenters. The van der Waals surface area contributed by atoms with E-state index >= 15 is 0 Å². The maximum Gasteiger partial charge on any atom is 0.251 e. The summed E-state index contributed by atoms with van der Waals surface area (Å²) < 4.78 is 2.03. The van der Waals surface area contributed by atoms with Crippen LogP contribution >= 0.6 is 0 Å². The first kappa shape index (κ1) is 14.3. The Balaban J connectivity index is 1.92. The molecule has 0 saturated carbocycles. The quantitative estimate of drug-likeness (QED) is 0.785. The Hall–Kier alpha value is -2.62. The highest BCUT2D eigenvalue weighted by atomic mass is 16.1. The number of pyridine rings is 1. The van der Waals surface area contributed by atoms with E-state index in [1.807, 2.05) is 73.8 Å². The summed E-state index contributed by atoms with van der Waals surface area (Å²) in [5.74, 6) is -0.0557. The van der Waals surface area contributed by atoms with Crippen molar-refractivity contribution in [1.29, 1.82) is 0 Å². The highest BCUT2D eigenvalue weighted by Gasteiger charge is 2.15. The number of rotatable bonds is 2. The van der Waals surface area contributed by atoms with E-state index in [9.17, 15) is 4.79 Å². The van der Waals surface area contributed by atoms with Gasteiger partial charge >= 0.3 is 0 Å². The molecule has 4 heteroatoms. The largest absolute Gasteiger partial charge is 0.347 e. The fourth-order valence-corrected chi connectivity index (χ4v) is 2.39. The van der Waals surface area contributed by atoms with E-state index in [2.05, 4.69) is 10.3 Å². The monoisotopic (exact) mass is 293 g/mol. The van der Waals surface area contributed by atoms with E-state index in [-0.39, 0.29) is 11.4 Å². The Kier molecular flexibility index (Phi) is 3.45. The number of fused-ring (bicyclic) bond motifs is 1. The van der Waals surface area contributed by atoms with Gasteiger partial charge in [-0.1, -0.05) is 18.2 Å². The Morgan fingerprint density at radius 2 is 1.82 bits per heavy atom. The molecule has 112 valence electrons. The zero-order valence-electron chi connectivity index (χ0n) is 13.0. The number of carbonyl (C=O) groups is 1. The Labute approximate surface area is 129 Å². The molecule has 2 aromatic heterocycles. The van der Waals surface area contributed by atoms with Crippen LogP contribution in [-0.2, 0) is 0 Å². The van der Waals surface area contributed by atoms with Crippen molar-refractivity contribution in [2.45, 2.75) is 26.3 Å². The van der Waals surface area contributed by atoms with Crippen LogP contribution in [0.15, 0.2) is 55.0 Å². The molecule has 3 aromatic rings. The van der Waals surface area contributed by atoms with E-state index in [4.69, 9.17) is 0 Å². The van der Waals surface area contributed by atoms with Gasteiger partial charge < -0.3 is 5.32 Å². The smallest absolute Gasteiger partial charge is 0.251 e. The molecule has 2 heterocycles. The minimum Gasteiger partial charge on any atom is -0.347 e. The summed E-state index contributed by atoms with van der Waals surface area (Å²) in [4.78, 5) is 16.3. The summed E-state index contributed by atoms with van der Waals surface area (Å²) in [5.41, 5.74) is 3.58. The summed E-state index contributed by atoms with van der Waals surface area (Å²) in [5, 5.41) is 2.97. The summed E-state index contributed by atoms with van der Waals surface area (Å²) in [7, 11) is 0. The van der Waals surface area contributed by atoms with Gasteiger partial charge in [0.1, 0.15) is 0 Å². The second kappa shape index (κ2) is 5.30. The lowest BCUT2D eigenvalue weighted by Crippen LogP contribution is -2.40. The van der Waals surface area contributed by atoms with Crippen molar-refractivity contribution in [3.05, 3.63) is 60.6 Å². The van der Waals surface area contributed by atoms with Gasteiger partial charge in [-0.25, -0.2) is 4.98 Å². The van der Waals surface area contributed by atoms with Crippen LogP contribution in [0, 0.1) is 0 Å². The normalized spacial score (nSPS) is 11.6. The standard InChI is InChI=1S/C18H19N3O/c1-18(2,3)20-17(22)14-9-7-13(8-10-14)16-6-4-5-15-11-19-12-21(15)16/h4-12H,1-3H3,(H,20,22). The minimum atomic E-state index is -0.238. The molecule has 4 nitrogen and oxygen atoms in total. The highest BCUT2D eigenvalue weighted by molar-refractivity contribution is 5.95. The van der Waals surface area contributed by atoms with E-state index in [1.54, 1.807) is 6.33 Å². The van der Waals surface area contributed by atoms with Crippen LogP contribution in [-0.4, -0.2) is 20.8 Å². The van der Waals surface area contributed by atoms with Gasteiger partial charge in [-0.15, -0.1) is 0 Å². The van der Waals surface area contributed by atoms with E-state index in [1.165, 1.54) is 0 Å². The molecule has 1 amide bonds. The number of imidazole rings is 1. The van der Waals surface area contributed by atoms with Crippen LogP contribution < -0.4 is 5.32 Å². The lowest BCUT2D eigenvalue weighted by Gasteiger charge is -2.20. The third kappa shape index (κ3) is 2.86. The van der Waals surface area contributed by atoms with Gasteiger partial charge in [-0.2, -0.15) is 0 Å². The molecule has 3 rings (SSSR count). The van der Waals surface area contributed by atoms with Gasteiger partial charge in [0, 0.05) is 11.1 Å². The molecule has 0 unspecified atom stereocenters. The van der Waals surface area contributed by atoms with Gasteiger partial charge in [0.15, 0.2) is 0 Å². The van der Waals surface area contributed by atoms with Crippen LogP contribution in [0.4, 0.5) is 0 Å². The highest BCUT2D eigenvalue weighted by Crippen LogP contribution is 2.21. The second-order valence-corrected chi connectivity index (χ2v) is 6.38. The van der Waals surface area contributed by atoms with E-state index in [0.717, 1.165) is 16.8 Å². The summed E-state index contributed by atoms with van der Waals surface area (Å²) in [6, 6.07) is 13.7. The van der Waals surface area contributed by atoms with Crippen LogP contribution in [0.2, 0.25) is 0 Å². The summed E-state index contributed by atoms with van der Waals surface area (Å²) in [6.45, 7) is 5.91. The first-order chi connectivity index (χ1) is 10.4. The van der Waals surface area contributed by atoms with Gasteiger partial charge in [0.25, 0.3) is 5.91 Å². The molecule has 22 heavy (non-hydrogen) atoms. The van der Waals surface area contributed by atoms with Crippen molar-refractivity contribution in [2.24, 2.45) is 0 Å². The summed E-state index contributed by atoms with van der Waals surface area (Å²) in [6.07, 6.45) is 3.62. The van der Waals surface area contributed by atoms with Gasteiger partial charge in [0.2, 0.25) is 0 Å². The zero-order valence-corrected chi connectivity index (χ0v) is 13.0. The van der Waals surface area contributed by atoms with Crippen LogP contribution in [0.5, 0.6) is 0 Å². The molecular formula is C18H19N3O. The number of nitrogens with one attached hydrogen (secondary N) is 1. The molecule has 0 aliphatic rings. The fraction of sp³-hybridized carbons (Fsp3) is 0.222. The van der Waals surface area contributed by atoms with Crippen LogP contribution in [0.25, 0.3) is 16.8 Å². The van der Waals surface area contributed by atoms with Crippen molar-refractivity contribution in [3.63, 3.8) is 0 Å². The number of hydrogen-bond donors (Lipinski definition) is 1. The van der Waals surface area contributed by atoms with E-state index in [0.29, 0.717) is 5.56 Å². The molecule has 0 aliphatic heterocycles.